The monoisotopic (exact) mass is 398 g/mol. The standard InChI is InChI=1S/C21H26N4O2S/c1-22-21(24-14-15-10-11-16(26-2)13-18(15)27-3)23-12-6-9-20-25-17-7-4-5-8-19(17)28-20/h4-5,7-8,10-11,13H,6,9,12,14H2,1-3H3,(H2,22,23,24). The van der Waals surface area contributed by atoms with E-state index in [9.17, 15) is 0 Å². The zero-order valence-electron chi connectivity index (χ0n) is 16.5. The number of ether oxygens (including phenoxy) is 2. The summed E-state index contributed by atoms with van der Waals surface area (Å²) in [5.41, 5.74) is 2.13. The van der Waals surface area contributed by atoms with E-state index in [4.69, 9.17) is 9.47 Å². The second kappa shape index (κ2) is 9.94. The highest BCUT2D eigenvalue weighted by molar-refractivity contribution is 7.18. The van der Waals surface area contributed by atoms with Gasteiger partial charge in [-0.1, -0.05) is 12.1 Å². The van der Waals surface area contributed by atoms with Crippen LogP contribution in [-0.4, -0.2) is 38.8 Å². The van der Waals surface area contributed by atoms with E-state index in [2.05, 4.69) is 38.8 Å². The molecule has 2 aromatic carbocycles. The Morgan fingerprint density at radius 3 is 2.71 bits per heavy atom. The number of hydrogen-bond donors (Lipinski definition) is 2. The maximum atomic E-state index is 5.44. The summed E-state index contributed by atoms with van der Waals surface area (Å²) < 4.78 is 11.9. The predicted octanol–water partition coefficient (Wildman–Crippen LogP) is 3.61. The minimum Gasteiger partial charge on any atom is -0.497 e. The molecule has 1 heterocycles. The van der Waals surface area contributed by atoms with E-state index in [1.165, 1.54) is 9.71 Å². The summed E-state index contributed by atoms with van der Waals surface area (Å²) >= 11 is 1.77. The van der Waals surface area contributed by atoms with Gasteiger partial charge in [-0.05, 0) is 30.7 Å². The molecule has 0 spiro atoms. The minimum absolute atomic E-state index is 0.616. The highest BCUT2D eigenvalue weighted by Gasteiger charge is 2.07. The first-order valence-electron chi connectivity index (χ1n) is 9.23. The Bertz CT molecular complexity index is 906. The number of guanidine groups is 1. The number of para-hydroxylation sites is 1. The van der Waals surface area contributed by atoms with Crippen LogP contribution in [-0.2, 0) is 13.0 Å². The van der Waals surface area contributed by atoms with Crippen molar-refractivity contribution in [3.63, 3.8) is 0 Å². The number of aliphatic imine (C=N–C) groups is 1. The second-order valence-electron chi connectivity index (χ2n) is 6.21. The van der Waals surface area contributed by atoms with Crippen LogP contribution in [0.3, 0.4) is 0 Å². The first-order chi connectivity index (χ1) is 13.7. The average Bonchev–Trinajstić information content (AvgIpc) is 3.16. The number of benzene rings is 2. The Kier molecular flexibility index (Phi) is 7.08. The van der Waals surface area contributed by atoms with E-state index in [-0.39, 0.29) is 0 Å². The van der Waals surface area contributed by atoms with Crippen LogP contribution < -0.4 is 20.1 Å². The van der Waals surface area contributed by atoms with Gasteiger partial charge in [0.1, 0.15) is 11.5 Å². The number of hydrogen-bond acceptors (Lipinski definition) is 5. The van der Waals surface area contributed by atoms with Gasteiger partial charge < -0.3 is 20.1 Å². The quantitative estimate of drug-likeness (QED) is 0.345. The van der Waals surface area contributed by atoms with Crippen LogP contribution in [0.15, 0.2) is 47.5 Å². The Balaban J connectivity index is 1.46. The summed E-state index contributed by atoms with van der Waals surface area (Å²) in [5, 5.41) is 7.85. The molecule has 0 unspecified atom stereocenters. The lowest BCUT2D eigenvalue weighted by Gasteiger charge is -2.14. The van der Waals surface area contributed by atoms with Crippen LogP contribution >= 0.6 is 11.3 Å². The maximum absolute atomic E-state index is 5.44. The van der Waals surface area contributed by atoms with Gasteiger partial charge >= 0.3 is 0 Å². The molecule has 0 aliphatic heterocycles. The highest BCUT2D eigenvalue weighted by Crippen LogP contribution is 2.24. The molecule has 0 aliphatic carbocycles. The van der Waals surface area contributed by atoms with Gasteiger partial charge in [0.05, 0.1) is 29.4 Å². The van der Waals surface area contributed by atoms with E-state index < -0.39 is 0 Å². The second-order valence-corrected chi connectivity index (χ2v) is 7.32. The topological polar surface area (TPSA) is 67.8 Å². The fraction of sp³-hybridized carbons (Fsp3) is 0.333. The fourth-order valence-corrected chi connectivity index (χ4v) is 3.88. The summed E-state index contributed by atoms with van der Waals surface area (Å²) in [5.74, 6) is 2.33. The van der Waals surface area contributed by atoms with Gasteiger partial charge in [0.15, 0.2) is 5.96 Å². The maximum Gasteiger partial charge on any atom is 0.191 e. The van der Waals surface area contributed by atoms with Gasteiger partial charge in [0.25, 0.3) is 0 Å². The van der Waals surface area contributed by atoms with E-state index in [1.807, 2.05) is 24.3 Å². The zero-order chi connectivity index (χ0) is 19.8. The van der Waals surface area contributed by atoms with Crippen molar-refractivity contribution in [1.82, 2.24) is 15.6 Å². The molecule has 0 saturated carbocycles. The number of fused-ring (bicyclic) bond motifs is 1. The van der Waals surface area contributed by atoms with E-state index in [0.717, 1.165) is 47.9 Å². The molecule has 0 atom stereocenters. The van der Waals surface area contributed by atoms with Gasteiger partial charge in [-0.3, -0.25) is 4.99 Å². The molecular formula is C21H26N4O2S. The van der Waals surface area contributed by atoms with Crippen LogP contribution in [0.1, 0.15) is 17.0 Å². The van der Waals surface area contributed by atoms with Crippen molar-refractivity contribution in [2.45, 2.75) is 19.4 Å². The molecule has 0 fully saturated rings. The van der Waals surface area contributed by atoms with Crippen LogP contribution in [0.4, 0.5) is 0 Å². The smallest absolute Gasteiger partial charge is 0.191 e. The summed E-state index contributed by atoms with van der Waals surface area (Å²) in [6.45, 7) is 1.44. The lowest BCUT2D eigenvalue weighted by atomic mass is 10.2. The number of thiazole rings is 1. The van der Waals surface area contributed by atoms with Gasteiger partial charge in [0, 0.05) is 38.2 Å². The number of methoxy groups -OCH3 is 2. The molecule has 0 amide bonds. The predicted molar refractivity (Wildman–Crippen MR) is 116 cm³/mol. The molecule has 0 aliphatic rings. The van der Waals surface area contributed by atoms with Crippen LogP contribution in [0.5, 0.6) is 11.5 Å². The number of rotatable bonds is 8. The van der Waals surface area contributed by atoms with Crippen molar-refractivity contribution in [3.8, 4) is 11.5 Å². The molecule has 6 nitrogen and oxygen atoms in total. The van der Waals surface area contributed by atoms with Crippen LogP contribution in [0.2, 0.25) is 0 Å². The molecular weight excluding hydrogens is 372 g/mol. The lowest BCUT2D eigenvalue weighted by molar-refractivity contribution is 0.390. The van der Waals surface area contributed by atoms with E-state index in [1.54, 1.807) is 32.6 Å². The number of nitrogens with one attached hydrogen (secondary N) is 2. The normalized spacial score (nSPS) is 11.5. The third-order valence-electron chi connectivity index (χ3n) is 4.36. The van der Waals surface area contributed by atoms with Gasteiger partial charge in [-0.15, -0.1) is 11.3 Å². The van der Waals surface area contributed by atoms with Crippen molar-refractivity contribution < 1.29 is 9.47 Å². The van der Waals surface area contributed by atoms with E-state index >= 15 is 0 Å². The molecule has 0 radical (unpaired) electrons. The van der Waals surface area contributed by atoms with Gasteiger partial charge in [0.2, 0.25) is 0 Å². The van der Waals surface area contributed by atoms with Crippen molar-refractivity contribution in [1.29, 1.82) is 0 Å². The Hall–Kier alpha value is -2.80. The summed E-state index contributed by atoms with van der Waals surface area (Å²) in [7, 11) is 5.08. The molecule has 7 heteroatoms. The summed E-state index contributed by atoms with van der Waals surface area (Å²) in [6.07, 6.45) is 1.95. The number of aromatic nitrogens is 1. The van der Waals surface area contributed by atoms with E-state index in [0.29, 0.717) is 6.54 Å². The molecule has 3 rings (SSSR count). The minimum atomic E-state index is 0.616. The molecule has 0 bridgehead atoms. The van der Waals surface area contributed by atoms with Crippen molar-refractivity contribution in [2.24, 2.45) is 4.99 Å². The van der Waals surface area contributed by atoms with Crippen molar-refractivity contribution in [2.75, 3.05) is 27.8 Å². The summed E-state index contributed by atoms with van der Waals surface area (Å²) in [4.78, 5) is 8.97. The zero-order valence-corrected chi connectivity index (χ0v) is 17.3. The van der Waals surface area contributed by atoms with Gasteiger partial charge in [-0.2, -0.15) is 0 Å². The average molecular weight is 399 g/mol. The third kappa shape index (κ3) is 5.13. The Labute approximate surface area is 169 Å². The molecule has 2 N–H and O–H groups in total. The Morgan fingerprint density at radius 1 is 1.11 bits per heavy atom. The fourth-order valence-electron chi connectivity index (χ4n) is 2.87. The van der Waals surface area contributed by atoms with Gasteiger partial charge in [-0.25, -0.2) is 4.98 Å². The first kappa shape index (κ1) is 19.9. The van der Waals surface area contributed by atoms with Crippen LogP contribution in [0.25, 0.3) is 10.2 Å². The van der Waals surface area contributed by atoms with Crippen LogP contribution in [0, 0.1) is 0 Å². The number of aryl methyl sites for hydroxylation is 1. The molecule has 3 aromatic rings. The molecule has 28 heavy (non-hydrogen) atoms. The number of nitrogens with zero attached hydrogens (tertiary/aromatic N) is 2. The third-order valence-corrected chi connectivity index (χ3v) is 5.46. The summed E-state index contributed by atoms with van der Waals surface area (Å²) in [6, 6.07) is 14.1. The molecule has 1 aromatic heterocycles. The molecule has 148 valence electrons. The lowest BCUT2D eigenvalue weighted by Crippen LogP contribution is -2.37. The molecule has 0 saturated heterocycles. The van der Waals surface area contributed by atoms with Crippen molar-refractivity contribution >= 4 is 27.5 Å². The first-order valence-corrected chi connectivity index (χ1v) is 10.0. The SMILES string of the molecule is CN=C(NCCCc1nc2ccccc2s1)NCc1ccc(OC)cc1OC. The highest BCUT2D eigenvalue weighted by atomic mass is 32.1. The Morgan fingerprint density at radius 2 is 1.96 bits per heavy atom. The van der Waals surface area contributed by atoms with Crippen molar-refractivity contribution in [3.05, 3.63) is 53.0 Å². The largest absolute Gasteiger partial charge is 0.497 e.